The molecular formula is C14H21N3O3. The molecule has 0 fully saturated rings. The Hall–Kier alpha value is -1.95. The third-order valence-corrected chi connectivity index (χ3v) is 3.09. The standard InChI is InChI=1S/C14H21N3O3/c1-11(18)12-6-7-13(14(10-12)17(19)20)16(4)9-5-8-15(2)3/h6-7,10H,5,8-9H2,1-4H3. The van der Waals surface area contributed by atoms with Gasteiger partial charge in [-0.1, -0.05) is 0 Å². The van der Waals surface area contributed by atoms with Crippen LogP contribution < -0.4 is 4.90 Å². The Morgan fingerprint density at radius 1 is 1.25 bits per heavy atom. The van der Waals surface area contributed by atoms with E-state index in [0.29, 0.717) is 11.3 Å². The third kappa shape index (κ3) is 4.31. The zero-order valence-corrected chi connectivity index (χ0v) is 12.4. The Morgan fingerprint density at radius 2 is 1.90 bits per heavy atom. The van der Waals surface area contributed by atoms with E-state index in [2.05, 4.69) is 4.90 Å². The van der Waals surface area contributed by atoms with Crippen LogP contribution in [0.3, 0.4) is 0 Å². The molecule has 0 aliphatic carbocycles. The molecule has 0 spiro atoms. The maximum Gasteiger partial charge on any atom is 0.293 e. The summed E-state index contributed by atoms with van der Waals surface area (Å²) in [5.41, 5.74) is 0.881. The summed E-state index contributed by atoms with van der Waals surface area (Å²) in [6, 6.07) is 4.62. The number of rotatable bonds is 7. The molecule has 0 aliphatic heterocycles. The molecule has 0 saturated carbocycles. The van der Waals surface area contributed by atoms with Gasteiger partial charge in [0.25, 0.3) is 5.69 Å². The largest absolute Gasteiger partial charge is 0.369 e. The van der Waals surface area contributed by atoms with Crippen molar-refractivity contribution in [2.75, 3.05) is 39.1 Å². The predicted octanol–water partition coefficient (Wildman–Crippen LogP) is 2.19. The van der Waals surface area contributed by atoms with Crippen molar-refractivity contribution in [1.29, 1.82) is 0 Å². The molecule has 0 unspecified atom stereocenters. The molecule has 1 aromatic carbocycles. The van der Waals surface area contributed by atoms with Crippen LogP contribution in [0, 0.1) is 10.1 Å². The molecular weight excluding hydrogens is 258 g/mol. The summed E-state index contributed by atoms with van der Waals surface area (Å²) >= 11 is 0. The average Bonchev–Trinajstić information content (AvgIpc) is 2.37. The van der Waals surface area contributed by atoms with E-state index in [1.165, 1.54) is 13.0 Å². The first-order valence-electron chi connectivity index (χ1n) is 6.48. The lowest BCUT2D eigenvalue weighted by Crippen LogP contribution is -2.24. The van der Waals surface area contributed by atoms with E-state index in [4.69, 9.17) is 0 Å². The molecule has 1 aromatic rings. The summed E-state index contributed by atoms with van der Waals surface area (Å²) in [5, 5.41) is 11.1. The number of ketones is 1. The van der Waals surface area contributed by atoms with Gasteiger partial charge < -0.3 is 9.80 Å². The third-order valence-electron chi connectivity index (χ3n) is 3.09. The van der Waals surface area contributed by atoms with Gasteiger partial charge in [0.15, 0.2) is 5.78 Å². The molecule has 0 radical (unpaired) electrons. The molecule has 1 rings (SSSR count). The van der Waals surface area contributed by atoms with Gasteiger partial charge in [0.05, 0.1) is 4.92 Å². The van der Waals surface area contributed by atoms with Gasteiger partial charge in [-0.25, -0.2) is 0 Å². The summed E-state index contributed by atoms with van der Waals surface area (Å²) < 4.78 is 0. The molecule has 6 heteroatoms. The van der Waals surface area contributed by atoms with Crippen LogP contribution >= 0.6 is 0 Å². The second-order valence-electron chi connectivity index (χ2n) is 5.10. The summed E-state index contributed by atoms with van der Waals surface area (Å²) in [7, 11) is 5.81. The zero-order chi connectivity index (χ0) is 15.3. The van der Waals surface area contributed by atoms with Crippen molar-refractivity contribution in [3.8, 4) is 0 Å². The number of Topliss-reactive ketones (excluding diaryl/α,β-unsaturated/α-hetero) is 1. The molecule has 0 aromatic heterocycles. The van der Waals surface area contributed by atoms with Crippen LogP contribution in [-0.2, 0) is 0 Å². The summed E-state index contributed by atoms with van der Waals surface area (Å²) in [6.45, 7) is 3.04. The van der Waals surface area contributed by atoms with Crippen LogP contribution in [0.4, 0.5) is 11.4 Å². The lowest BCUT2D eigenvalue weighted by molar-refractivity contribution is -0.384. The first-order valence-corrected chi connectivity index (χ1v) is 6.48. The second-order valence-corrected chi connectivity index (χ2v) is 5.10. The fourth-order valence-corrected chi connectivity index (χ4v) is 1.96. The van der Waals surface area contributed by atoms with Crippen LogP contribution in [0.5, 0.6) is 0 Å². The highest BCUT2D eigenvalue weighted by Gasteiger charge is 2.18. The van der Waals surface area contributed by atoms with E-state index in [9.17, 15) is 14.9 Å². The molecule has 110 valence electrons. The van der Waals surface area contributed by atoms with Crippen molar-refractivity contribution in [2.45, 2.75) is 13.3 Å². The number of hydrogen-bond acceptors (Lipinski definition) is 5. The number of anilines is 1. The van der Waals surface area contributed by atoms with Gasteiger partial charge in [-0.3, -0.25) is 14.9 Å². The van der Waals surface area contributed by atoms with Gasteiger partial charge in [-0.05, 0) is 46.1 Å². The molecule has 20 heavy (non-hydrogen) atoms. The Balaban J connectivity index is 2.93. The molecule has 0 N–H and O–H groups in total. The van der Waals surface area contributed by atoms with Gasteiger partial charge in [-0.2, -0.15) is 0 Å². The van der Waals surface area contributed by atoms with Gasteiger partial charge in [0.1, 0.15) is 5.69 Å². The first kappa shape index (κ1) is 16.1. The van der Waals surface area contributed by atoms with E-state index in [-0.39, 0.29) is 11.5 Å². The van der Waals surface area contributed by atoms with Gasteiger partial charge in [0.2, 0.25) is 0 Å². The average molecular weight is 279 g/mol. The van der Waals surface area contributed by atoms with E-state index in [0.717, 1.165) is 19.5 Å². The minimum atomic E-state index is -0.440. The highest BCUT2D eigenvalue weighted by molar-refractivity contribution is 5.95. The minimum Gasteiger partial charge on any atom is -0.369 e. The molecule has 0 bridgehead atoms. The number of hydrogen-bond donors (Lipinski definition) is 0. The Bertz CT molecular complexity index is 500. The van der Waals surface area contributed by atoms with Crippen molar-refractivity contribution in [3.63, 3.8) is 0 Å². The molecule has 0 atom stereocenters. The molecule has 0 saturated heterocycles. The summed E-state index contributed by atoms with van der Waals surface area (Å²) in [5.74, 6) is -0.171. The van der Waals surface area contributed by atoms with Gasteiger partial charge >= 0.3 is 0 Å². The lowest BCUT2D eigenvalue weighted by Gasteiger charge is -2.20. The predicted molar refractivity (Wildman–Crippen MR) is 79.5 cm³/mol. The van der Waals surface area contributed by atoms with Gasteiger partial charge in [-0.15, -0.1) is 0 Å². The van der Waals surface area contributed by atoms with Crippen LogP contribution in [-0.4, -0.2) is 49.8 Å². The number of nitro groups is 1. The number of carbonyl (C=O) groups excluding carboxylic acids is 1. The van der Waals surface area contributed by atoms with Crippen molar-refractivity contribution in [1.82, 2.24) is 4.90 Å². The molecule has 0 amide bonds. The number of benzene rings is 1. The lowest BCUT2D eigenvalue weighted by atomic mass is 10.1. The topological polar surface area (TPSA) is 66.7 Å². The normalized spacial score (nSPS) is 10.7. The smallest absolute Gasteiger partial charge is 0.293 e. The maximum absolute atomic E-state index is 11.3. The van der Waals surface area contributed by atoms with Crippen molar-refractivity contribution < 1.29 is 9.72 Å². The number of nitrogens with zero attached hydrogens (tertiary/aromatic N) is 3. The van der Waals surface area contributed by atoms with E-state index >= 15 is 0 Å². The summed E-state index contributed by atoms with van der Waals surface area (Å²) in [6.07, 6.45) is 0.912. The second kappa shape index (κ2) is 7.00. The number of nitro benzene ring substituents is 1. The quantitative estimate of drug-likeness (QED) is 0.435. The molecule has 0 heterocycles. The van der Waals surface area contributed by atoms with E-state index in [1.807, 2.05) is 26.0 Å². The van der Waals surface area contributed by atoms with Crippen LogP contribution in [0.1, 0.15) is 23.7 Å². The fourth-order valence-electron chi connectivity index (χ4n) is 1.96. The Morgan fingerprint density at radius 3 is 2.40 bits per heavy atom. The van der Waals surface area contributed by atoms with Gasteiger partial charge in [0, 0.05) is 25.2 Å². The highest BCUT2D eigenvalue weighted by atomic mass is 16.6. The Labute approximate surface area is 119 Å². The van der Waals surface area contributed by atoms with Crippen LogP contribution in [0.2, 0.25) is 0 Å². The van der Waals surface area contributed by atoms with Crippen molar-refractivity contribution in [3.05, 3.63) is 33.9 Å². The number of carbonyl (C=O) groups is 1. The maximum atomic E-state index is 11.3. The van der Waals surface area contributed by atoms with Crippen LogP contribution in [0.15, 0.2) is 18.2 Å². The van der Waals surface area contributed by atoms with E-state index in [1.54, 1.807) is 12.1 Å². The SMILES string of the molecule is CC(=O)c1ccc(N(C)CCCN(C)C)c([N+](=O)[O-])c1. The highest BCUT2D eigenvalue weighted by Crippen LogP contribution is 2.28. The summed E-state index contributed by atoms with van der Waals surface area (Å²) in [4.78, 5) is 25.9. The fraction of sp³-hybridized carbons (Fsp3) is 0.500. The zero-order valence-electron chi connectivity index (χ0n) is 12.4. The Kier molecular flexibility index (Phi) is 5.64. The minimum absolute atomic E-state index is 0.0231. The monoisotopic (exact) mass is 279 g/mol. The van der Waals surface area contributed by atoms with E-state index < -0.39 is 4.92 Å². The molecule has 0 aliphatic rings. The van der Waals surface area contributed by atoms with Crippen LogP contribution in [0.25, 0.3) is 0 Å². The van der Waals surface area contributed by atoms with Crippen molar-refractivity contribution >= 4 is 17.2 Å². The first-order chi connectivity index (χ1) is 9.32. The van der Waals surface area contributed by atoms with Crippen molar-refractivity contribution in [2.24, 2.45) is 0 Å². The molecule has 6 nitrogen and oxygen atoms in total.